The molecular weight excluding hydrogens is 380 g/mol. The predicted molar refractivity (Wildman–Crippen MR) is 112 cm³/mol. The minimum Gasteiger partial charge on any atom is -0.468 e. The van der Waals surface area contributed by atoms with Gasteiger partial charge in [0.1, 0.15) is 0 Å². The van der Waals surface area contributed by atoms with E-state index in [0.29, 0.717) is 6.42 Å². The molecule has 0 saturated heterocycles. The maximum absolute atomic E-state index is 13.0. The molecule has 1 aliphatic carbocycles. The third-order valence-electron chi connectivity index (χ3n) is 6.17. The first-order valence-corrected chi connectivity index (χ1v) is 10.3. The van der Waals surface area contributed by atoms with Gasteiger partial charge in [-0.25, -0.2) is 9.59 Å². The van der Waals surface area contributed by atoms with E-state index in [9.17, 15) is 9.59 Å². The highest BCUT2D eigenvalue weighted by atomic mass is 16.6. The number of aryl methyl sites for hydroxylation is 1. The van der Waals surface area contributed by atoms with Crippen molar-refractivity contribution in [1.82, 2.24) is 0 Å². The Bertz CT molecular complexity index is 980. The molecule has 1 aliphatic heterocycles. The van der Waals surface area contributed by atoms with Crippen molar-refractivity contribution in [2.45, 2.75) is 37.7 Å². The number of methoxy groups -OCH3 is 1. The van der Waals surface area contributed by atoms with Crippen molar-refractivity contribution in [1.29, 1.82) is 0 Å². The smallest absolute Gasteiger partial charge is 0.373 e. The summed E-state index contributed by atoms with van der Waals surface area (Å²) in [6.45, 7) is 4.04. The van der Waals surface area contributed by atoms with Crippen LogP contribution >= 0.6 is 0 Å². The molecule has 2 aromatic rings. The molecule has 1 fully saturated rings. The van der Waals surface area contributed by atoms with Crippen LogP contribution in [0.25, 0.3) is 0 Å². The van der Waals surface area contributed by atoms with Gasteiger partial charge >= 0.3 is 11.9 Å². The summed E-state index contributed by atoms with van der Waals surface area (Å²) in [6.07, 6.45) is 2.19. The van der Waals surface area contributed by atoms with E-state index in [1.807, 2.05) is 24.3 Å². The molecule has 2 aliphatic rings. The van der Waals surface area contributed by atoms with Gasteiger partial charge in [-0.1, -0.05) is 60.2 Å². The van der Waals surface area contributed by atoms with Gasteiger partial charge in [-0.05, 0) is 37.0 Å². The fourth-order valence-corrected chi connectivity index (χ4v) is 4.96. The second-order valence-corrected chi connectivity index (χ2v) is 7.92. The third-order valence-corrected chi connectivity index (χ3v) is 6.17. The Balaban J connectivity index is 1.85. The third kappa shape index (κ3) is 3.28. The summed E-state index contributed by atoms with van der Waals surface area (Å²) in [7, 11) is 1.36. The monoisotopic (exact) mass is 406 g/mol. The van der Waals surface area contributed by atoms with E-state index in [1.54, 1.807) is 13.0 Å². The molecule has 1 heterocycles. The van der Waals surface area contributed by atoms with Crippen molar-refractivity contribution in [2.75, 3.05) is 13.7 Å². The van der Waals surface area contributed by atoms with Crippen LogP contribution in [0, 0.1) is 12.8 Å². The van der Waals surface area contributed by atoms with Crippen molar-refractivity contribution >= 4 is 11.9 Å². The first-order chi connectivity index (χ1) is 14.5. The second-order valence-electron chi connectivity index (χ2n) is 7.92. The SMILES string of the molecule is CCOC(=O)C1=CC2[C@@H](c3ccccc3)[C@H](c3cccc(C)c3)C[C@]2(C(=O)OC)O1. The number of fused-ring (bicyclic) bond motifs is 1. The number of hydrogen-bond donors (Lipinski definition) is 0. The van der Waals surface area contributed by atoms with E-state index in [2.05, 4.69) is 37.3 Å². The fraction of sp³-hybridized carbons (Fsp3) is 0.360. The van der Waals surface area contributed by atoms with Crippen molar-refractivity contribution in [3.8, 4) is 0 Å². The Morgan fingerprint density at radius 3 is 2.50 bits per heavy atom. The Hall–Kier alpha value is -3.08. The van der Waals surface area contributed by atoms with E-state index in [1.165, 1.54) is 7.11 Å². The van der Waals surface area contributed by atoms with Gasteiger partial charge in [0.15, 0.2) is 0 Å². The number of benzene rings is 2. The summed E-state index contributed by atoms with van der Waals surface area (Å²) in [5.41, 5.74) is 2.17. The Morgan fingerprint density at radius 1 is 1.10 bits per heavy atom. The number of rotatable bonds is 5. The summed E-state index contributed by atoms with van der Waals surface area (Å²) in [5, 5.41) is 0. The molecular formula is C25H26O5. The molecule has 156 valence electrons. The zero-order valence-corrected chi connectivity index (χ0v) is 17.5. The molecule has 0 aromatic heterocycles. The molecule has 0 radical (unpaired) electrons. The first kappa shape index (κ1) is 20.2. The lowest BCUT2D eigenvalue weighted by atomic mass is 9.78. The maximum atomic E-state index is 13.0. The summed E-state index contributed by atoms with van der Waals surface area (Å²) in [4.78, 5) is 25.4. The normalized spacial score (nSPS) is 27.0. The van der Waals surface area contributed by atoms with Crippen LogP contribution in [0.15, 0.2) is 66.4 Å². The van der Waals surface area contributed by atoms with Crippen molar-refractivity contribution in [3.63, 3.8) is 0 Å². The molecule has 1 saturated carbocycles. The van der Waals surface area contributed by atoms with Crippen molar-refractivity contribution < 1.29 is 23.8 Å². The standard InChI is InChI=1S/C25H26O5/c1-4-29-23(26)21-14-20-22(17-10-6-5-7-11-17)19(18-12-8-9-16(2)13-18)15-25(20,30-21)24(27)28-3/h5-14,19-20,22H,4,15H2,1-3H3/t19-,20?,22-,25-/m0/s1. The van der Waals surface area contributed by atoms with Gasteiger partial charge in [0.2, 0.25) is 11.4 Å². The minimum atomic E-state index is -1.24. The largest absolute Gasteiger partial charge is 0.468 e. The molecule has 0 bridgehead atoms. The maximum Gasteiger partial charge on any atom is 0.373 e. The highest BCUT2D eigenvalue weighted by Crippen LogP contribution is 2.60. The molecule has 0 N–H and O–H groups in total. The molecule has 1 unspecified atom stereocenters. The number of hydrogen-bond acceptors (Lipinski definition) is 5. The van der Waals surface area contributed by atoms with Gasteiger partial charge in [-0.15, -0.1) is 0 Å². The lowest BCUT2D eigenvalue weighted by Gasteiger charge is -2.27. The van der Waals surface area contributed by atoms with Crippen LogP contribution in [0.5, 0.6) is 0 Å². The van der Waals surface area contributed by atoms with Crippen LogP contribution < -0.4 is 0 Å². The van der Waals surface area contributed by atoms with Gasteiger partial charge in [0.25, 0.3) is 0 Å². The lowest BCUT2D eigenvalue weighted by Crippen LogP contribution is -2.43. The van der Waals surface area contributed by atoms with Crippen molar-refractivity contribution in [2.24, 2.45) is 5.92 Å². The number of ether oxygens (including phenoxy) is 3. The van der Waals surface area contributed by atoms with Gasteiger partial charge in [0.05, 0.1) is 13.7 Å². The lowest BCUT2D eigenvalue weighted by molar-refractivity contribution is -0.167. The highest BCUT2D eigenvalue weighted by molar-refractivity contribution is 5.91. The summed E-state index contributed by atoms with van der Waals surface area (Å²) in [5.74, 6) is -1.25. The summed E-state index contributed by atoms with van der Waals surface area (Å²) in [6, 6.07) is 18.4. The van der Waals surface area contributed by atoms with E-state index in [0.717, 1.165) is 16.7 Å². The molecule has 5 nitrogen and oxygen atoms in total. The van der Waals surface area contributed by atoms with Crippen molar-refractivity contribution in [3.05, 3.63) is 83.1 Å². The van der Waals surface area contributed by atoms with Gasteiger partial charge in [-0.2, -0.15) is 0 Å². The summed E-state index contributed by atoms with van der Waals surface area (Å²) >= 11 is 0. The number of carbonyl (C=O) groups is 2. The number of carbonyl (C=O) groups excluding carboxylic acids is 2. The van der Waals surface area contributed by atoms with Crippen LogP contribution in [0.2, 0.25) is 0 Å². The van der Waals surface area contributed by atoms with Gasteiger partial charge < -0.3 is 14.2 Å². The Morgan fingerprint density at radius 2 is 1.83 bits per heavy atom. The summed E-state index contributed by atoms with van der Waals surface area (Å²) < 4.78 is 16.4. The van der Waals surface area contributed by atoms with Crippen LogP contribution in [0.3, 0.4) is 0 Å². The first-order valence-electron chi connectivity index (χ1n) is 10.3. The van der Waals surface area contributed by atoms with Gasteiger partial charge in [-0.3, -0.25) is 0 Å². The van der Waals surface area contributed by atoms with E-state index in [-0.39, 0.29) is 30.1 Å². The molecule has 30 heavy (non-hydrogen) atoms. The van der Waals surface area contributed by atoms with E-state index < -0.39 is 17.5 Å². The van der Waals surface area contributed by atoms with Crippen LogP contribution in [-0.2, 0) is 23.8 Å². The Labute approximate surface area is 176 Å². The van der Waals surface area contributed by atoms with Gasteiger partial charge in [0, 0.05) is 18.3 Å². The van der Waals surface area contributed by atoms with Crippen LogP contribution in [-0.4, -0.2) is 31.3 Å². The molecule has 4 atom stereocenters. The topological polar surface area (TPSA) is 61.8 Å². The Kier molecular flexibility index (Phi) is 5.37. The molecule has 2 aromatic carbocycles. The minimum absolute atomic E-state index is 0.0383. The van der Waals surface area contributed by atoms with E-state index >= 15 is 0 Å². The number of esters is 2. The average Bonchev–Trinajstić information content (AvgIpc) is 3.28. The predicted octanol–water partition coefficient (Wildman–Crippen LogP) is 4.27. The molecule has 0 amide bonds. The fourth-order valence-electron chi connectivity index (χ4n) is 4.96. The zero-order chi connectivity index (χ0) is 21.3. The molecule has 4 rings (SSSR count). The second kappa shape index (κ2) is 7.98. The molecule has 0 spiro atoms. The average molecular weight is 406 g/mol. The quantitative estimate of drug-likeness (QED) is 0.694. The molecule has 5 heteroatoms. The zero-order valence-electron chi connectivity index (χ0n) is 17.5. The van der Waals surface area contributed by atoms with E-state index in [4.69, 9.17) is 14.2 Å². The van der Waals surface area contributed by atoms with Crippen LogP contribution in [0.4, 0.5) is 0 Å². The highest BCUT2D eigenvalue weighted by Gasteiger charge is 2.64. The van der Waals surface area contributed by atoms with Crippen LogP contribution in [0.1, 0.15) is 41.9 Å².